The van der Waals surface area contributed by atoms with Gasteiger partial charge < -0.3 is 10.1 Å². The van der Waals surface area contributed by atoms with Gasteiger partial charge in [0.2, 0.25) is 5.91 Å². The van der Waals surface area contributed by atoms with Crippen LogP contribution in [0.1, 0.15) is 75.0 Å². The first-order chi connectivity index (χ1) is 17.6. The van der Waals surface area contributed by atoms with Crippen molar-refractivity contribution in [1.82, 2.24) is 5.32 Å². The number of methoxy groups -OCH3 is 1. The highest BCUT2D eigenvalue weighted by Crippen LogP contribution is 2.42. The number of carbonyl (C=O) groups excluding carboxylic acids is 2. The van der Waals surface area contributed by atoms with Crippen LogP contribution in [0.4, 0.5) is 0 Å². The molecule has 3 rings (SSSR count). The van der Waals surface area contributed by atoms with Gasteiger partial charge >= 0.3 is 5.97 Å². The zero-order chi connectivity index (χ0) is 25.6. The molecule has 190 valence electrons. The van der Waals surface area contributed by atoms with Crippen LogP contribution in [-0.4, -0.2) is 25.0 Å². The first-order valence-electron chi connectivity index (χ1n) is 13.2. The van der Waals surface area contributed by atoms with E-state index in [0.29, 0.717) is 6.42 Å². The molecular weight excluding hydrogens is 446 g/mol. The Balaban J connectivity index is 1.89. The van der Waals surface area contributed by atoms with E-state index in [1.165, 1.54) is 26.4 Å². The molecule has 0 saturated carbocycles. The molecule has 36 heavy (non-hydrogen) atoms. The molecule has 0 aliphatic heterocycles. The molecule has 4 heteroatoms. The fourth-order valence-electron chi connectivity index (χ4n) is 4.98. The van der Waals surface area contributed by atoms with Crippen LogP contribution < -0.4 is 5.32 Å². The molecule has 3 aromatic rings. The third-order valence-corrected chi connectivity index (χ3v) is 6.89. The number of unbranched alkanes of at least 4 members (excludes halogenated alkanes) is 5. The van der Waals surface area contributed by atoms with Crippen LogP contribution in [0.3, 0.4) is 0 Å². The molecule has 0 heterocycles. The Morgan fingerprint density at radius 1 is 0.722 bits per heavy atom. The van der Waals surface area contributed by atoms with Gasteiger partial charge in [-0.3, -0.25) is 4.79 Å². The van der Waals surface area contributed by atoms with Gasteiger partial charge in [0.1, 0.15) is 6.04 Å². The van der Waals surface area contributed by atoms with E-state index in [1.54, 1.807) is 0 Å². The van der Waals surface area contributed by atoms with Crippen molar-refractivity contribution in [2.24, 2.45) is 0 Å². The number of hydrogen-bond donors (Lipinski definition) is 1. The average Bonchev–Trinajstić information content (AvgIpc) is 2.94. The Bertz CT molecular complexity index is 954. The fraction of sp³-hybridized carbons (Fsp3) is 0.375. The molecule has 0 bridgehead atoms. The lowest BCUT2D eigenvalue weighted by molar-refractivity contribution is -0.145. The lowest BCUT2D eigenvalue weighted by Gasteiger charge is -2.36. The first-order valence-corrected chi connectivity index (χ1v) is 13.2. The van der Waals surface area contributed by atoms with E-state index in [-0.39, 0.29) is 18.3 Å². The van der Waals surface area contributed by atoms with Gasteiger partial charge in [-0.25, -0.2) is 4.79 Å². The van der Waals surface area contributed by atoms with E-state index in [2.05, 4.69) is 48.6 Å². The van der Waals surface area contributed by atoms with E-state index < -0.39 is 11.5 Å². The average molecular weight is 486 g/mol. The number of benzene rings is 3. The normalized spacial score (nSPS) is 12.1. The predicted molar refractivity (Wildman–Crippen MR) is 146 cm³/mol. The number of hydrogen-bond acceptors (Lipinski definition) is 3. The summed E-state index contributed by atoms with van der Waals surface area (Å²) in [5, 5.41) is 3.02. The summed E-state index contributed by atoms with van der Waals surface area (Å²) in [5.41, 5.74) is 2.39. The van der Waals surface area contributed by atoms with Crippen molar-refractivity contribution in [2.75, 3.05) is 7.11 Å². The van der Waals surface area contributed by atoms with Gasteiger partial charge in [-0.15, -0.1) is 0 Å². The summed E-state index contributed by atoms with van der Waals surface area (Å²) in [6, 6.07) is 29.8. The molecular formula is C32H39NO3. The fourth-order valence-corrected chi connectivity index (χ4v) is 4.98. The topological polar surface area (TPSA) is 55.4 Å². The molecule has 0 aliphatic carbocycles. The number of carbonyl (C=O) groups is 2. The summed E-state index contributed by atoms with van der Waals surface area (Å²) in [7, 11) is 1.38. The van der Waals surface area contributed by atoms with E-state index in [0.717, 1.165) is 36.0 Å². The molecule has 0 aliphatic rings. The van der Waals surface area contributed by atoms with Crippen molar-refractivity contribution in [1.29, 1.82) is 0 Å². The van der Waals surface area contributed by atoms with Crippen LogP contribution in [0.5, 0.6) is 0 Å². The van der Waals surface area contributed by atoms with Crippen molar-refractivity contribution in [3.8, 4) is 0 Å². The van der Waals surface area contributed by atoms with Crippen LogP contribution in [0.2, 0.25) is 0 Å². The number of amides is 1. The van der Waals surface area contributed by atoms with Crippen LogP contribution in [-0.2, 0) is 19.7 Å². The molecule has 0 fully saturated rings. The number of ether oxygens (including phenoxy) is 1. The van der Waals surface area contributed by atoms with Gasteiger partial charge in [-0.1, -0.05) is 136 Å². The van der Waals surface area contributed by atoms with Crippen LogP contribution in [0, 0.1) is 0 Å². The van der Waals surface area contributed by atoms with Crippen LogP contribution in [0.15, 0.2) is 91.0 Å². The summed E-state index contributed by atoms with van der Waals surface area (Å²) in [5.74, 6) is -0.561. The van der Waals surface area contributed by atoms with Crippen LogP contribution >= 0.6 is 0 Å². The zero-order valence-corrected chi connectivity index (χ0v) is 21.6. The summed E-state index contributed by atoms with van der Waals surface area (Å²) < 4.78 is 5.04. The summed E-state index contributed by atoms with van der Waals surface area (Å²) >= 11 is 0. The van der Waals surface area contributed by atoms with Gasteiger partial charge in [0, 0.05) is 6.42 Å². The van der Waals surface area contributed by atoms with Crippen molar-refractivity contribution >= 4 is 11.9 Å². The minimum atomic E-state index is -0.700. The minimum Gasteiger partial charge on any atom is -0.467 e. The maximum absolute atomic E-state index is 13.7. The van der Waals surface area contributed by atoms with E-state index >= 15 is 0 Å². The summed E-state index contributed by atoms with van der Waals surface area (Å²) in [6.45, 7) is 2.20. The van der Waals surface area contributed by atoms with Gasteiger partial charge in [-0.2, -0.15) is 0 Å². The van der Waals surface area contributed by atoms with Crippen LogP contribution in [0.25, 0.3) is 0 Å². The molecule has 0 radical (unpaired) electrons. The van der Waals surface area contributed by atoms with Gasteiger partial charge in [0.25, 0.3) is 0 Å². The van der Waals surface area contributed by atoms with Crippen molar-refractivity contribution in [2.45, 2.75) is 69.7 Å². The smallest absolute Gasteiger partial charge is 0.328 e. The minimum absolute atomic E-state index is 0.173. The van der Waals surface area contributed by atoms with E-state index in [4.69, 9.17) is 4.74 Å². The Hall–Kier alpha value is -3.40. The van der Waals surface area contributed by atoms with Crippen molar-refractivity contribution in [3.05, 3.63) is 108 Å². The highest BCUT2D eigenvalue weighted by Gasteiger charge is 2.39. The molecule has 1 amide bonds. The highest BCUT2D eigenvalue weighted by atomic mass is 16.5. The third-order valence-electron chi connectivity index (χ3n) is 6.89. The highest BCUT2D eigenvalue weighted by molar-refractivity contribution is 5.86. The van der Waals surface area contributed by atoms with E-state index in [9.17, 15) is 9.59 Å². The van der Waals surface area contributed by atoms with Crippen molar-refractivity contribution < 1.29 is 14.3 Å². The number of nitrogens with one attached hydrogen (secondary N) is 1. The molecule has 0 unspecified atom stereocenters. The third kappa shape index (κ3) is 7.07. The van der Waals surface area contributed by atoms with Gasteiger partial charge in [-0.05, 0) is 23.1 Å². The Morgan fingerprint density at radius 2 is 1.17 bits per heavy atom. The number of rotatable bonds is 14. The molecule has 0 saturated heterocycles. The molecule has 0 spiro atoms. The van der Waals surface area contributed by atoms with E-state index in [1.807, 2.05) is 54.6 Å². The second-order valence-electron chi connectivity index (χ2n) is 9.38. The molecule has 4 nitrogen and oxygen atoms in total. The Labute approximate surface area is 216 Å². The standard InChI is InChI=1S/C32H39NO3/c1-3-4-5-6-7-17-24-29(31(35)36-2)33-30(34)25-32(26-18-11-8-12-19-26,27-20-13-9-14-21-27)28-22-15-10-16-23-28/h8-16,18-23,29H,3-7,17,24-25H2,1-2H3,(H,33,34)/t29-/m1/s1. The van der Waals surface area contributed by atoms with Gasteiger partial charge in [0.05, 0.1) is 12.5 Å². The lowest BCUT2D eigenvalue weighted by atomic mass is 9.67. The molecule has 0 aromatic heterocycles. The molecule has 1 N–H and O–H groups in total. The largest absolute Gasteiger partial charge is 0.467 e. The SMILES string of the molecule is CCCCCCCC[C@@H](NC(=O)CC(c1ccccc1)(c1ccccc1)c1ccccc1)C(=O)OC. The van der Waals surface area contributed by atoms with Gasteiger partial charge in [0.15, 0.2) is 0 Å². The Morgan fingerprint density at radius 3 is 1.61 bits per heavy atom. The monoisotopic (exact) mass is 485 g/mol. The predicted octanol–water partition coefficient (Wildman–Crippen LogP) is 6.82. The number of esters is 1. The maximum Gasteiger partial charge on any atom is 0.328 e. The molecule has 1 atom stereocenters. The molecule has 3 aromatic carbocycles. The second kappa shape index (κ2) is 14.2. The second-order valence-corrected chi connectivity index (χ2v) is 9.38. The summed E-state index contributed by atoms with van der Waals surface area (Å²) in [4.78, 5) is 26.2. The zero-order valence-electron chi connectivity index (χ0n) is 21.6. The quantitative estimate of drug-likeness (QED) is 0.155. The lowest BCUT2D eigenvalue weighted by Crippen LogP contribution is -2.45. The summed E-state index contributed by atoms with van der Waals surface area (Å²) in [6.07, 6.45) is 7.48. The Kier molecular flexibility index (Phi) is 10.7. The maximum atomic E-state index is 13.7. The first kappa shape index (κ1) is 27.2. The van der Waals surface area contributed by atoms with Crippen molar-refractivity contribution in [3.63, 3.8) is 0 Å².